The fourth-order valence-electron chi connectivity index (χ4n) is 3.52. The van der Waals surface area contributed by atoms with Gasteiger partial charge in [0.15, 0.2) is 5.82 Å². The van der Waals surface area contributed by atoms with E-state index >= 15 is 0 Å². The molecule has 0 N–H and O–H groups in total. The minimum atomic E-state index is 0. The lowest BCUT2D eigenvalue weighted by Crippen LogP contribution is -2.46. The molecule has 0 radical (unpaired) electrons. The zero-order valence-electron chi connectivity index (χ0n) is 15.7. The quantitative estimate of drug-likeness (QED) is 0.692. The second-order valence-corrected chi connectivity index (χ2v) is 6.77. The maximum absolute atomic E-state index is 4.64. The van der Waals surface area contributed by atoms with Crippen molar-refractivity contribution in [2.24, 2.45) is 7.05 Å². The van der Waals surface area contributed by atoms with Crippen molar-refractivity contribution in [2.75, 3.05) is 31.1 Å². The van der Waals surface area contributed by atoms with Crippen LogP contribution in [0.15, 0.2) is 48.9 Å². The first-order valence-electron chi connectivity index (χ1n) is 9.03. The predicted molar refractivity (Wildman–Crippen MR) is 110 cm³/mol. The lowest BCUT2D eigenvalue weighted by atomic mass is 10.1. The Morgan fingerprint density at radius 1 is 0.963 bits per heavy atom. The molecule has 4 rings (SSSR count). The highest BCUT2D eigenvalue weighted by Crippen LogP contribution is 2.27. The van der Waals surface area contributed by atoms with Crippen LogP contribution in [0, 0.1) is 6.92 Å². The summed E-state index contributed by atoms with van der Waals surface area (Å²) in [5, 5.41) is 4.45. The van der Waals surface area contributed by atoms with E-state index in [-0.39, 0.29) is 12.4 Å². The minimum Gasteiger partial charge on any atom is -0.352 e. The molecular weight excluding hydrogens is 360 g/mol. The average Bonchev–Trinajstić information content (AvgIpc) is 3.00. The van der Waals surface area contributed by atoms with Crippen LogP contribution in [0.5, 0.6) is 0 Å². The van der Waals surface area contributed by atoms with Crippen molar-refractivity contribution in [2.45, 2.75) is 13.5 Å². The normalized spacial score (nSPS) is 14.8. The maximum atomic E-state index is 4.64. The number of hydrogen-bond acceptors (Lipinski definition) is 5. The largest absolute Gasteiger partial charge is 0.352 e. The first-order chi connectivity index (χ1) is 12.7. The Morgan fingerprint density at radius 3 is 2.33 bits per heavy atom. The van der Waals surface area contributed by atoms with Gasteiger partial charge in [0, 0.05) is 69.5 Å². The van der Waals surface area contributed by atoms with Crippen molar-refractivity contribution >= 4 is 18.2 Å². The van der Waals surface area contributed by atoms with E-state index in [1.807, 2.05) is 29.9 Å². The van der Waals surface area contributed by atoms with Gasteiger partial charge in [-0.3, -0.25) is 14.6 Å². The van der Waals surface area contributed by atoms with Crippen LogP contribution in [0.2, 0.25) is 0 Å². The lowest BCUT2D eigenvalue weighted by molar-refractivity contribution is 0.249. The van der Waals surface area contributed by atoms with E-state index in [4.69, 9.17) is 0 Å². The molecular formula is C20H25ClN6. The standard InChI is InChI=1S/C20H24N6.ClH/c1-16-18(14-24(2)23-16)15-25-10-12-26(13-11-25)20-19(21-8-9-22-20)17-6-4-3-5-7-17;/h3-9,14H,10-13,15H2,1-2H3;1H. The van der Waals surface area contributed by atoms with Gasteiger partial charge in [-0.2, -0.15) is 5.10 Å². The fourth-order valence-corrected chi connectivity index (χ4v) is 3.52. The van der Waals surface area contributed by atoms with Crippen LogP contribution in [0.1, 0.15) is 11.3 Å². The first kappa shape index (κ1) is 19.3. The smallest absolute Gasteiger partial charge is 0.155 e. The van der Waals surface area contributed by atoms with Gasteiger partial charge < -0.3 is 4.90 Å². The Kier molecular flexibility index (Phi) is 6.08. The van der Waals surface area contributed by atoms with Crippen LogP contribution >= 0.6 is 12.4 Å². The van der Waals surface area contributed by atoms with Crippen molar-refractivity contribution in [3.8, 4) is 11.3 Å². The molecule has 0 spiro atoms. The van der Waals surface area contributed by atoms with Gasteiger partial charge in [0.25, 0.3) is 0 Å². The summed E-state index contributed by atoms with van der Waals surface area (Å²) in [6, 6.07) is 10.3. The molecule has 0 saturated carbocycles. The van der Waals surface area contributed by atoms with E-state index in [1.54, 1.807) is 12.4 Å². The topological polar surface area (TPSA) is 50.1 Å². The van der Waals surface area contributed by atoms with Crippen LogP contribution in [-0.2, 0) is 13.6 Å². The molecule has 0 bridgehead atoms. The van der Waals surface area contributed by atoms with Gasteiger partial charge in [-0.05, 0) is 6.92 Å². The van der Waals surface area contributed by atoms with E-state index in [2.05, 4.69) is 50.1 Å². The molecule has 27 heavy (non-hydrogen) atoms. The molecule has 0 unspecified atom stereocenters. The molecule has 3 heterocycles. The predicted octanol–water partition coefficient (Wildman–Crippen LogP) is 2.93. The summed E-state index contributed by atoms with van der Waals surface area (Å²) >= 11 is 0. The first-order valence-corrected chi connectivity index (χ1v) is 9.03. The Labute approximate surface area is 166 Å². The molecule has 1 fully saturated rings. The highest BCUT2D eigenvalue weighted by Gasteiger charge is 2.22. The van der Waals surface area contributed by atoms with Crippen molar-refractivity contribution in [3.05, 3.63) is 60.2 Å². The van der Waals surface area contributed by atoms with E-state index in [9.17, 15) is 0 Å². The monoisotopic (exact) mass is 384 g/mol. The second-order valence-electron chi connectivity index (χ2n) is 6.77. The molecule has 1 saturated heterocycles. The molecule has 0 aliphatic carbocycles. The fraction of sp³-hybridized carbons (Fsp3) is 0.350. The third kappa shape index (κ3) is 4.28. The molecule has 1 aliphatic heterocycles. The summed E-state index contributed by atoms with van der Waals surface area (Å²) in [4.78, 5) is 14.1. The van der Waals surface area contributed by atoms with Crippen LogP contribution in [0.3, 0.4) is 0 Å². The van der Waals surface area contributed by atoms with Crippen LogP contribution in [0.4, 0.5) is 5.82 Å². The molecule has 142 valence electrons. The molecule has 1 aliphatic rings. The molecule has 2 aromatic heterocycles. The van der Waals surface area contributed by atoms with E-state index in [0.717, 1.165) is 55.5 Å². The van der Waals surface area contributed by atoms with Gasteiger partial charge >= 0.3 is 0 Å². The summed E-state index contributed by atoms with van der Waals surface area (Å²) < 4.78 is 1.90. The Bertz CT molecular complexity index is 871. The number of anilines is 1. The van der Waals surface area contributed by atoms with Crippen molar-refractivity contribution in [1.29, 1.82) is 0 Å². The molecule has 0 atom stereocenters. The highest BCUT2D eigenvalue weighted by atomic mass is 35.5. The zero-order valence-corrected chi connectivity index (χ0v) is 16.6. The van der Waals surface area contributed by atoms with Gasteiger partial charge in [0.05, 0.1) is 5.69 Å². The number of aromatic nitrogens is 4. The average molecular weight is 385 g/mol. The molecule has 6 nitrogen and oxygen atoms in total. The van der Waals surface area contributed by atoms with Crippen LogP contribution < -0.4 is 4.90 Å². The van der Waals surface area contributed by atoms with Gasteiger partial charge in [-0.15, -0.1) is 12.4 Å². The minimum absolute atomic E-state index is 0. The summed E-state index contributed by atoms with van der Waals surface area (Å²) in [7, 11) is 1.98. The number of aryl methyl sites for hydroxylation is 2. The summed E-state index contributed by atoms with van der Waals surface area (Å²) in [5.74, 6) is 0.982. The third-order valence-corrected chi connectivity index (χ3v) is 4.91. The van der Waals surface area contributed by atoms with Gasteiger partial charge in [-0.1, -0.05) is 30.3 Å². The van der Waals surface area contributed by atoms with Gasteiger partial charge in [-0.25, -0.2) is 4.98 Å². The number of nitrogens with zero attached hydrogens (tertiary/aromatic N) is 6. The van der Waals surface area contributed by atoms with Gasteiger partial charge in [0.2, 0.25) is 0 Å². The Hall–Kier alpha value is -2.44. The molecule has 3 aromatic rings. The lowest BCUT2D eigenvalue weighted by Gasteiger charge is -2.35. The summed E-state index contributed by atoms with van der Waals surface area (Å²) in [6.07, 6.45) is 5.68. The van der Waals surface area contributed by atoms with Crippen molar-refractivity contribution in [3.63, 3.8) is 0 Å². The zero-order chi connectivity index (χ0) is 17.9. The molecule has 7 heteroatoms. The molecule has 0 amide bonds. The number of piperazine rings is 1. The third-order valence-electron chi connectivity index (χ3n) is 4.91. The van der Waals surface area contributed by atoms with Crippen LogP contribution in [0.25, 0.3) is 11.3 Å². The Balaban J connectivity index is 0.00000210. The van der Waals surface area contributed by atoms with E-state index < -0.39 is 0 Å². The van der Waals surface area contributed by atoms with Crippen LogP contribution in [-0.4, -0.2) is 50.8 Å². The van der Waals surface area contributed by atoms with E-state index in [0.29, 0.717) is 0 Å². The maximum Gasteiger partial charge on any atom is 0.155 e. The van der Waals surface area contributed by atoms with E-state index in [1.165, 1.54) is 5.56 Å². The van der Waals surface area contributed by atoms with Gasteiger partial charge in [0.1, 0.15) is 5.69 Å². The highest BCUT2D eigenvalue weighted by molar-refractivity contribution is 5.85. The van der Waals surface area contributed by atoms with Crippen molar-refractivity contribution in [1.82, 2.24) is 24.6 Å². The summed E-state index contributed by atoms with van der Waals surface area (Å²) in [6.45, 7) is 6.98. The number of halogens is 1. The number of benzene rings is 1. The second kappa shape index (κ2) is 8.50. The van der Waals surface area contributed by atoms with Crippen molar-refractivity contribution < 1.29 is 0 Å². The number of hydrogen-bond donors (Lipinski definition) is 0. The Morgan fingerprint density at radius 2 is 1.67 bits per heavy atom. The summed E-state index contributed by atoms with van der Waals surface area (Å²) in [5.41, 5.74) is 4.51. The number of rotatable bonds is 4. The molecule has 1 aromatic carbocycles. The SMILES string of the molecule is Cc1nn(C)cc1CN1CCN(c2nccnc2-c2ccccc2)CC1.Cl.